The monoisotopic (exact) mass is 486 g/mol. The van der Waals surface area contributed by atoms with Gasteiger partial charge in [0.05, 0.1) is 17.7 Å². The molecule has 2 aromatic heterocycles. The molecule has 1 N–H and O–H groups in total. The third-order valence-corrected chi connectivity index (χ3v) is 7.14. The number of rotatable bonds is 10. The van der Waals surface area contributed by atoms with E-state index in [1.54, 1.807) is 0 Å². The van der Waals surface area contributed by atoms with Crippen LogP contribution in [0.15, 0.2) is 59.4 Å². The summed E-state index contributed by atoms with van der Waals surface area (Å²) in [5.74, 6) is 0.833. The molecule has 1 fully saturated rings. The number of aryl methyl sites for hydroxylation is 3. The number of pyridine rings is 1. The number of ether oxygens (including phenoxy) is 1. The smallest absolute Gasteiger partial charge is 0.252 e. The van der Waals surface area contributed by atoms with Crippen molar-refractivity contribution < 1.29 is 4.74 Å². The SMILES string of the molecule is CCC(c1nnnn1CCc1ccccc1)N(Cc1cc2cccc(C)c2[nH]c1=O)CC1CCCO1. The van der Waals surface area contributed by atoms with E-state index in [9.17, 15) is 4.79 Å². The highest BCUT2D eigenvalue weighted by Crippen LogP contribution is 2.27. The molecule has 0 spiro atoms. The van der Waals surface area contributed by atoms with Crippen molar-refractivity contribution in [3.8, 4) is 0 Å². The van der Waals surface area contributed by atoms with Crippen LogP contribution >= 0.6 is 0 Å². The molecule has 8 heteroatoms. The van der Waals surface area contributed by atoms with Crippen LogP contribution in [0.2, 0.25) is 0 Å². The van der Waals surface area contributed by atoms with Crippen molar-refractivity contribution in [2.24, 2.45) is 0 Å². The van der Waals surface area contributed by atoms with Gasteiger partial charge in [-0.2, -0.15) is 0 Å². The van der Waals surface area contributed by atoms with Crippen molar-refractivity contribution in [1.29, 1.82) is 0 Å². The normalized spacial score (nSPS) is 16.7. The fourth-order valence-corrected chi connectivity index (χ4v) is 5.21. The zero-order valence-corrected chi connectivity index (χ0v) is 21.1. The van der Waals surface area contributed by atoms with Crippen molar-refractivity contribution in [2.45, 2.75) is 64.8 Å². The zero-order chi connectivity index (χ0) is 24.9. The van der Waals surface area contributed by atoms with Crippen LogP contribution < -0.4 is 5.56 Å². The molecule has 0 aliphatic carbocycles. The van der Waals surface area contributed by atoms with Gasteiger partial charge in [-0.25, -0.2) is 4.68 Å². The third-order valence-electron chi connectivity index (χ3n) is 7.14. The van der Waals surface area contributed by atoms with Gasteiger partial charge in [-0.15, -0.1) is 5.10 Å². The van der Waals surface area contributed by atoms with E-state index in [4.69, 9.17) is 4.74 Å². The number of aromatic nitrogens is 5. The Hall–Kier alpha value is -3.36. The molecule has 2 unspecified atom stereocenters. The van der Waals surface area contributed by atoms with Crippen LogP contribution in [0.3, 0.4) is 0 Å². The van der Waals surface area contributed by atoms with Gasteiger partial charge < -0.3 is 9.72 Å². The van der Waals surface area contributed by atoms with E-state index in [1.807, 2.05) is 41.9 Å². The largest absolute Gasteiger partial charge is 0.377 e. The molecule has 36 heavy (non-hydrogen) atoms. The lowest BCUT2D eigenvalue weighted by Gasteiger charge is -2.32. The molecule has 1 saturated heterocycles. The number of fused-ring (bicyclic) bond motifs is 1. The molecule has 0 radical (unpaired) electrons. The Kier molecular flexibility index (Phi) is 7.53. The maximum Gasteiger partial charge on any atom is 0.252 e. The molecule has 0 saturated carbocycles. The van der Waals surface area contributed by atoms with Gasteiger partial charge >= 0.3 is 0 Å². The van der Waals surface area contributed by atoms with Crippen LogP contribution in [-0.2, 0) is 24.2 Å². The van der Waals surface area contributed by atoms with Crippen LogP contribution in [0.25, 0.3) is 10.9 Å². The number of hydrogen-bond donors (Lipinski definition) is 1. The van der Waals surface area contributed by atoms with Gasteiger partial charge in [0.1, 0.15) is 0 Å². The van der Waals surface area contributed by atoms with E-state index >= 15 is 0 Å². The van der Waals surface area contributed by atoms with E-state index in [-0.39, 0.29) is 17.7 Å². The average molecular weight is 487 g/mol. The fourth-order valence-electron chi connectivity index (χ4n) is 5.21. The minimum atomic E-state index is -0.0485. The first-order valence-corrected chi connectivity index (χ1v) is 12.9. The summed E-state index contributed by atoms with van der Waals surface area (Å²) in [6, 6.07) is 18.5. The lowest BCUT2D eigenvalue weighted by molar-refractivity contribution is 0.0488. The molecule has 0 amide bonds. The van der Waals surface area contributed by atoms with Gasteiger partial charge in [0, 0.05) is 31.8 Å². The van der Waals surface area contributed by atoms with E-state index in [1.165, 1.54) is 5.56 Å². The Bertz CT molecular complexity index is 1340. The second-order valence-corrected chi connectivity index (χ2v) is 9.65. The standard InChI is InChI=1S/C28H34N6O2/c1-3-25(27-30-31-32-34(27)15-14-21-10-5-4-6-11-21)33(19-24-13-8-16-36-24)18-23-17-22-12-7-9-20(2)26(22)29-28(23)35/h4-7,9-12,17,24-25H,3,8,13-16,18-19H2,1-2H3,(H,29,35). The Morgan fingerprint density at radius 2 is 2.06 bits per heavy atom. The van der Waals surface area contributed by atoms with Crippen molar-refractivity contribution in [2.75, 3.05) is 13.2 Å². The number of tetrazole rings is 1. The van der Waals surface area contributed by atoms with E-state index in [0.717, 1.165) is 66.7 Å². The number of aromatic amines is 1. The van der Waals surface area contributed by atoms with E-state index in [2.05, 4.69) is 56.6 Å². The van der Waals surface area contributed by atoms with E-state index in [0.29, 0.717) is 13.1 Å². The van der Waals surface area contributed by atoms with Gasteiger partial charge in [-0.1, -0.05) is 55.5 Å². The van der Waals surface area contributed by atoms with Crippen LogP contribution in [0.5, 0.6) is 0 Å². The van der Waals surface area contributed by atoms with Crippen molar-refractivity contribution in [3.05, 3.63) is 87.5 Å². The number of hydrogen-bond acceptors (Lipinski definition) is 6. The third kappa shape index (κ3) is 5.39. The highest BCUT2D eigenvalue weighted by Gasteiger charge is 2.29. The van der Waals surface area contributed by atoms with Crippen LogP contribution in [0, 0.1) is 6.92 Å². The molecule has 4 aromatic rings. The molecule has 5 rings (SSSR count). The first-order valence-electron chi connectivity index (χ1n) is 12.9. The molecule has 2 atom stereocenters. The summed E-state index contributed by atoms with van der Waals surface area (Å²) in [7, 11) is 0. The minimum absolute atomic E-state index is 0.0346. The van der Waals surface area contributed by atoms with E-state index < -0.39 is 0 Å². The quantitative estimate of drug-likeness (QED) is 0.361. The summed E-state index contributed by atoms with van der Waals surface area (Å²) in [5, 5.41) is 13.8. The van der Waals surface area contributed by atoms with Crippen molar-refractivity contribution in [3.63, 3.8) is 0 Å². The predicted octanol–water partition coefficient (Wildman–Crippen LogP) is 4.20. The lowest BCUT2D eigenvalue weighted by Crippen LogP contribution is -2.37. The zero-order valence-electron chi connectivity index (χ0n) is 21.1. The minimum Gasteiger partial charge on any atom is -0.377 e. The van der Waals surface area contributed by atoms with Crippen LogP contribution in [0.4, 0.5) is 0 Å². The Balaban J connectivity index is 1.44. The van der Waals surface area contributed by atoms with Gasteiger partial charge in [0.25, 0.3) is 5.56 Å². The van der Waals surface area contributed by atoms with Gasteiger partial charge in [-0.05, 0) is 65.6 Å². The first-order chi connectivity index (χ1) is 17.6. The van der Waals surface area contributed by atoms with Crippen molar-refractivity contribution in [1.82, 2.24) is 30.1 Å². The Morgan fingerprint density at radius 3 is 2.83 bits per heavy atom. The summed E-state index contributed by atoms with van der Waals surface area (Å²) in [6.07, 6.45) is 3.92. The Labute approximate surface area is 211 Å². The molecule has 1 aliphatic rings. The highest BCUT2D eigenvalue weighted by molar-refractivity contribution is 5.81. The molecular formula is C28H34N6O2. The second kappa shape index (κ2) is 11.1. The van der Waals surface area contributed by atoms with Crippen LogP contribution in [-0.4, -0.2) is 49.3 Å². The highest BCUT2D eigenvalue weighted by atomic mass is 16.5. The molecule has 1 aliphatic heterocycles. The molecule has 8 nitrogen and oxygen atoms in total. The summed E-state index contributed by atoms with van der Waals surface area (Å²) in [6.45, 7) is 6.90. The summed E-state index contributed by atoms with van der Waals surface area (Å²) in [4.78, 5) is 18.6. The number of para-hydroxylation sites is 1. The molecule has 188 valence electrons. The van der Waals surface area contributed by atoms with Crippen molar-refractivity contribution >= 4 is 10.9 Å². The predicted molar refractivity (Wildman–Crippen MR) is 140 cm³/mol. The lowest BCUT2D eigenvalue weighted by atomic mass is 10.1. The van der Waals surface area contributed by atoms with Gasteiger partial charge in [0.15, 0.2) is 5.82 Å². The molecule has 0 bridgehead atoms. The molecular weight excluding hydrogens is 452 g/mol. The molecule has 2 aromatic carbocycles. The number of nitrogens with zero attached hydrogens (tertiary/aromatic N) is 5. The van der Waals surface area contributed by atoms with Crippen LogP contribution in [0.1, 0.15) is 54.7 Å². The topological polar surface area (TPSA) is 88.9 Å². The molecule has 3 heterocycles. The van der Waals surface area contributed by atoms with Gasteiger partial charge in [-0.3, -0.25) is 9.69 Å². The van der Waals surface area contributed by atoms with Gasteiger partial charge in [0.2, 0.25) is 0 Å². The number of H-pyrrole nitrogens is 1. The number of nitrogens with one attached hydrogen (secondary N) is 1. The average Bonchev–Trinajstić information content (AvgIpc) is 3.57. The Morgan fingerprint density at radius 1 is 1.19 bits per heavy atom. The maximum absolute atomic E-state index is 13.1. The maximum atomic E-state index is 13.1. The summed E-state index contributed by atoms with van der Waals surface area (Å²) >= 11 is 0. The second-order valence-electron chi connectivity index (χ2n) is 9.65. The summed E-state index contributed by atoms with van der Waals surface area (Å²) < 4.78 is 7.91. The first kappa shape index (κ1) is 24.3. The summed E-state index contributed by atoms with van der Waals surface area (Å²) in [5.41, 5.74) is 3.91. The number of benzene rings is 2. The fraction of sp³-hybridized carbons (Fsp3) is 0.429.